The van der Waals surface area contributed by atoms with Crippen molar-refractivity contribution >= 4 is 0 Å². The zero-order valence-electron chi connectivity index (χ0n) is 15.4. The molecular formula is C21H29FO3. The van der Waals surface area contributed by atoms with Gasteiger partial charge in [0.25, 0.3) is 0 Å². The Bertz CT molecular complexity index is 667. The van der Waals surface area contributed by atoms with E-state index < -0.39 is 11.4 Å². The lowest BCUT2D eigenvalue weighted by molar-refractivity contribution is -0.223. The van der Waals surface area contributed by atoms with Crippen LogP contribution in [0.15, 0.2) is 29.8 Å². The molecule has 1 heterocycles. The first kappa shape index (κ1) is 18.4. The molecule has 1 fully saturated rings. The highest BCUT2D eigenvalue weighted by atomic mass is 19.1. The molecule has 0 amide bonds. The summed E-state index contributed by atoms with van der Waals surface area (Å²) in [6.07, 6.45) is 6.96. The van der Waals surface area contributed by atoms with Crippen molar-refractivity contribution in [1.82, 2.24) is 0 Å². The number of halogens is 1. The maximum Gasteiger partial charge on any atom is 0.165 e. The van der Waals surface area contributed by atoms with E-state index >= 15 is 0 Å². The number of phenols is 1. The SMILES string of the molecule is CCCCC1=CCC2(CO)C[C@@H]1C(c1ccc(O)c(F)c1)OC2(C)C. The summed E-state index contributed by atoms with van der Waals surface area (Å²) in [6.45, 7) is 6.31. The average molecular weight is 348 g/mol. The fraction of sp³-hybridized carbons (Fsp3) is 0.619. The number of allylic oxidation sites excluding steroid dienone is 1. The number of aromatic hydroxyl groups is 1. The number of aliphatic hydroxyl groups is 1. The van der Waals surface area contributed by atoms with Gasteiger partial charge in [0.1, 0.15) is 0 Å². The third-order valence-corrected chi connectivity index (χ3v) is 6.33. The van der Waals surface area contributed by atoms with Gasteiger partial charge in [-0.15, -0.1) is 0 Å². The second-order valence-corrected chi connectivity index (χ2v) is 8.10. The Morgan fingerprint density at radius 1 is 1.32 bits per heavy atom. The van der Waals surface area contributed by atoms with E-state index in [1.54, 1.807) is 6.07 Å². The molecule has 25 heavy (non-hydrogen) atoms. The molecule has 1 aromatic carbocycles. The predicted octanol–water partition coefficient (Wildman–Crippen LogP) is 4.89. The average Bonchev–Trinajstić information content (AvgIpc) is 2.59. The number of phenolic OH excluding ortho intramolecular Hbond substituents is 1. The minimum atomic E-state index is -0.618. The lowest BCUT2D eigenvalue weighted by Crippen LogP contribution is -2.56. The molecule has 2 unspecified atom stereocenters. The van der Waals surface area contributed by atoms with Gasteiger partial charge in [-0.05, 0) is 57.2 Å². The van der Waals surface area contributed by atoms with Crippen LogP contribution in [0.25, 0.3) is 0 Å². The fourth-order valence-electron chi connectivity index (χ4n) is 4.42. The minimum Gasteiger partial charge on any atom is -0.505 e. The van der Waals surface area contributed by atoms with Crippen LogP contribution in [0.1, 0.15) is 64.5 Å². The van der Waals surface area contributed by atoms with Gasteiger partial charge in [0, 0.05) is 11.3 Å². The molecule has 3 rings (SSSR count). The van der Waals surface area contributed by atoms with Crippen molar-refractivity contribution in [3.8, 4) is 5.75 Å². The summed E-state index contributed by atoms with van der Waals surface area (Å²) in [4.78, 5) is 0. The van der Waals surface area contributed by atoms with E-state index in [9.17, 15) is 14.6 Å². The Hall–Kier alpha value is -1.39. The Morgan fingerprint density at radius 3 is 2.72 bits per heavy atom. The molecule has 0 saturated carbocycles. The topological polar surface area (TPSA) is 49.7 Å². The number of benzene rings is 1. The minimum absolute atomic E-state index is 0.0880. The summed E-state index contributed by atoms with van der Waals surface area (Å²) in [5.41, 5.74) is 1.31. The number of fused-ring (bicyclic) bond motifs is 2. The molecule has 1 aliphatic carbocycles. The Morgan fingerprint density at radius 2 is 2.08 bits per heavy atom. The van der Waals surface area contributed by atoms with Crippen molar-refractivity contribution in [1.29, 1.82) is 0 Å². The van der Waals surface area contributed by atoms with E-state index in [1.807, 2.05) is 13.8 Å². The molecule has 1 aromatic rings. The smallest absolute Gasteiger partial charge is 0.165 e. The summed E-state index contributed by atoms with van der Waals surface area (Å²) in [5, 5.41) is 19.6. The molecule has 0 radical (unpaired) electrons. The maximum atomic E-state index is 13.9. The molecule has 2 bridgehead atoms. The van der Waals surface area contributed by atoms with Gasteiger partial charge in [-0.2, -0.15) is 0 Å². The fourth-order valence-corrected chi connectivity index (χ4v) is 4.42. The summed E-state index contributed by atoms with van der Waals surface area (Å²) in [7, 11) is 0. The monoisotopic (exact) mass is 348 g/mol. The summed E-state index contributed by atoms with van der Waals surface area (Å²) in [6, 6.07) is 4.53. The van der Waals surface area contributed by atoms with Gasteiger partial charge in [-0.3, -0.25) is 0 Å². The second-order valence-electron chi connectivity index (χ2n) is 8.10. The van der Waals surface area contributed by atoms with Crippen LogP contribution in [0.3, 0.4) is 0 Å². The van der Waals surface area contributed by atoms with Gasteiger partial charge in [0.15, 0.2) is 11.6 Å². The van der Waals surface area contributed by atoms with E-state index in [0.29, 0.717) is 0 Å². The van der Waals surface area contributed by atoms with Gasteiger partial charge in [0.2, 0.25) is 0 Å². The molecule has 1 aliphatic heterocycles. The van der Waals surface area contributed by atoms with Crippen molar-refractivity contribution in [3.05, 3.63) is 41.2 Å². The quantitative estimate of drug-likeness (QED) is 0.745. The van der Waals surface area contributed by atoms with Crippen LogP contribution in [0.4, 0.5) is 4.39 Å². The van der Waals surface area contributed by atoms with E-state index in [4.69, 9.17) is 4.74 Å². The van der Waals surface area contributed by atoms with Gasteiger partial charge >= 0.3 is 0 Å². The first-order valence-electron chi connectivity index (χ1n) is 9.29. The van der Waals surface area contributed by atoms with Crippen molar-refractivity contribution in [3.63, 3.8) is 0 Å². The zero-order valence-corrected chi connectivity index (χ0v) is 15.4. The lowest BCUT2D eigenvalue weighted by atomic mass is 9.58. The molecule has 0 spiro atoms. The van der Waals surface area contributed by atoms with Crippen molar-refractivity contribution in [2.45, 2.75) is 64.6 Å². The molecule has 0 aromatic heterocycles. The summed E-state index contributed by atoms with van der Waals surface area (Å²) < 4.78 is 20.4. The van der Waals surface area contributed by atoms with Gasteiger partial charge in [-0.25, -0.2) is 4.39 Å². The van der Waals surface area contributed by atoms with E-state index in [2.05, 4.69) is 13.0 Å². The lowest BCUT2D eigenvalue weighted by Gasteiger charge is -2.57. The van der Waals surface area contributed by atoms with Crippen molar-refractivity contribution in [2.24, 2.45) is 11.3 Å². The number of rotatable bonds is 5. The van der Waals surface area contributed by atoms with Gasteiger partial charge < -0.3 is 14.9 Å². The van der Waals surface area contributed by atoms with Crippen molar-refractivity contribution in [2.75, 3.05) is 6.61 Å². The number of ether oxygens (including phenoxy) is 1. The van der Waals surface area contributed by atoms with Crippen LogP contribution in [-0.2, 0) is 4.74 Å². The highest BCUT2D eigenvalue weighted by Gasteiger charge is 2.55. The van der Waals surface area contributed by atoms with E-state index in [-0.39, 0.29) is 29.8 Å². The number of hydrogen-bond acceptors (Lipinski definition) is 3. The predicted molar refractivity (Wildman–Crippen MR) is 95.8 cm³/mol. The number of aliphatic hydroxyl groups excluding tert-OH is 1. The molecule has 2 aliphatic rings. The molecule has 1 saturated heterocycles. The Labute approximate surface area is 149 Å². The van der Waals surface area contributed by atoms with Crippen LogP contribution < -0.4 is 0 Å². The molecule has 3 atom stereocenters. The largest absolute Gasteiger partial charge is 0.505 e. The summed E-state index contributed by atoms with van der Waals surface area (Å²) in [5.74, 6) is -0.814. The van der Waals surface area contributed by atoms with E-state index in [1.165, 1.54) is 17.7 Å². The number of unbranched alkanes of at least 4 members (excludes halogenated alkanes) is 1. The molecule has 4 heteroatoms. The van der Waals surface area contributed by atoms with Crippen LogP contribution in [0.2, 0.25) is 0 Å². The van der Waals surface area contributed by atoms with Crippen LogP contribution in [-0.4, -0.2) is 22.4 Å². The standard InChI is InChI=1S/C21H29FO3/c1-4-5-6-14-9-10-21(13-23)12-16(14)19(25-20(21,2)3)15-7-8-18(24)17(22)11-15/h7-9,11,16,19,23-24H,4-6,10,12-13H2,1-3H3/t16-,19?,21?/m0/s1. The number of hydrogen-bond donors (Lipinski definition) is 2. The highest BCUT2D eigenvalue weighted by Crippen LogP contribution is 2.58. The molecule has 3 nitrogen and oxygen atoms in total. The Kier molecular flexibility index (Phi) is 4.95. The van der Waals surface area contributed by atoms with Crippen LogP contribution in [0.5, 0.6) is 5.75 Å². The third-order valence-electron chi connectivity index (χ3n) is 6.33. The molecular weight excluding hydrogens is 319 g/mol. The van der Waals surface area contributed by atoms with Crippen LogP contribution in [0, 0.1) is 17.2 Å². The first-order chi connectivity index (χ1) is 11.8. The molecule has 138 valence electrons. The third kappa shape index (κ3) is 3.11. The first-order valence-corrected chi connectivity index (χ1v) is 9.29. The Balaban J connectivity index is 2.01. The van der Waals surface area contributed by atoms with Gasteiger partial charge in [-0.1, -0.05) is 31.1 Å². The maximum absolute atomic E-state index is 13.9. The normalized spacial score (nSPS) is 30.8. The van der Waals surface area contributed by atoms with Gasteiger partial charge in [0.05, 0.1) is 18.3 Å². The summed E-state index contributed by atoms with van der Waals surface area (Å²) >= 11 is 0. The molecule has 2 N–H and O–H groups in total. The van der Waals surface area contributed by atoms with Crippen LogP contribution >= 0.6 is 0 Å². The van der Waals surface area contributed by atoms with Crippen molar-refractivity contribution < 1.29 is 19.3 Å². The highest BCUT2D eigenvalue weighted by molar-refractivity contribution is 5.33. The van der Waals surface area contributed by atoms with E-state index in [0.717, 1.165) is 37.7 Å². The zero-order chi connectivity index (χ0) is 18.2. The second kappa shape index (κ2) is 6.73.